The van der Waals surface area contributed by atoms with Crippen molar-refractivity contribution in [3.8, 4) is 5.75 Å². The Hall–Kier alpha value is -1.54. The summed E-state index contributed by atoms with van der Waals surface area (Å²) < 4.78 is 5.89. The predicted octanol–water partition coefficient (Wildman–Crippen LogP) is 3.20. The minimum absolute atomic E-state index is 0.0109. The van der Waals surface area contributed by atoms with Crippen molar-refractivity contribution in [2.75, 3.05) is 13.2 Å². The number of benzene rings is 2. The molecule has 2 N–H and O–H groups in total. The molecule has 0 aliphatic rings. The SMILES string of the molecule is CC(C)(CN)COc1cccc2ccccc12. The molecule has 0 radical (unpaired) electrons. The van der Waals surface area contributed by atoms with Gasteiger partial charge in [-0.25, -0.2) is 0 Å². The van der Waals surface area contributed by atoms with Gasteiger partial charge in [-0.2, -0.15) is 0 Å². The molecule has 2 rings (SSSR count). The Morgan fingerprint density at radius 2 is 1.76 bits per heavy atom. The Balaban J connectivity index is 2.24. The van der Waals surface area contributed by atoms with Crippen molar-refractivity contribution >= 4 is 10.8 Å². The monoisotopic (exact) mass is 229 g/mol. The molecule has 0 aromatic heterocycles. The average molecular weight is 229 g/mol. The second-order valence-electron chi connectivity index (χ2n) is 5.13. The first kappa shape index (κ1) is 11.9. The van der Waals surface area contributed by atoms with Gasteiger partial charge in [-0.15, -0.1) is 0 Å². The molecule has 2 heteroatoms. The largest absolute Gasteiger partial charge is 0.492 e. The van der Waals surface area contributed by atoms with Crippen LogP contribution in [0, 0.1) is 5.41 Å². The van der Waals surface area contributed by atoms with E-state index < -0.39 is 0 Å². The van der Waals surface area contributed by atoms with E-state index in [0.717, 1.165) is 11.1 Å². The minimum atomic E-state index is 0.0109. The Morgan fingerprint density at radius 1 is 1.06 bits per heavy atom. The van der Waals surface area contributed by atoms with Gasteiger partial charge in [0.1, 0.15) is 5.75 Å². The molecule has 0 bridgehead atoms. The summed E-state index contributed by atoms with van der Waals surface area (Å²) in [7, 11) is 0. The Morgan fingerprint density at radius 3 is 2.53 bits per heavy atom. The van der Waals surface area contributed by atoms with Crippen molar-refractivity contribution in [2.24, 2.45) is 11.1 Å². The standard InChI is InChI=1S/C15H19NO/c1-15(2,10-16)11-17-14-9-5-7-12-6-3-4-8-13(12)14/h3-9H,10-11,16H2,1-2H3. The lowest BCUT2D eigenvalue weighted by molar-refractivity contribution is 0.189. The van der Waals surface area contributed by atoms with Crippen LogP contribution in [0.4, 0.5) is 0 Å². The van der Waals surface area contributed by atoms with Crippen LogP contribution in [0.3, 0.4) is 0 Å². The first-order valence-corrected chi connectivity index (χ1v) is 5.93. The lowest BCUT2D eigenvalue weighted by Crippen LogP contribution is -2.30. The van der Waals surface area contributed by atoms with Crippen LogP contribution in [0.15, 0.2) is 42.5 Å². The first-order chi connectivity index (χ1) is 8.12. The van der Waals surface area contributed by atoms with Crippen molar-refractivity contribution < 1.29 is 4.74 Å². The van der Waals surface area contributed by atoms with Crippen LogP contribution in [0.5, 0.6) is 5.75 Å². The zero-order chi connectivity index (χ0) is 12.3. The Bertz CT molecular complexity index is 500. The predicted molar refractivity (Wildman–Crippen MR) is 72.3 cm³/mol. The maximum atomic E-state index is 5.89. The van der Waals surface area contributed by atoms with E-state index in [9.17, 15) is 0 Å². The Kier molecular flexibility index (Phi) is 3.34. The molecule has 0 unspecified atom stereocenters. The topological polar surface area (TPSA) is 35.2 Å². The lowest BCUT2D eigenvalue weighted by Gasteiger charge is -2.23. The van der Waals surface area contributed by atoms with Gasteiger partial charge in [0.05, 0.1) is 6.61 Å². The summed E-state index contributed by atoms with van der Waals surface area (Å²) in [6.45, 7) is 5.48. The van der Waals surface area contributed by atoms with Gasteiger partial charge in [0.2, 0.25) is 0 Å². The number of nitrogens with two attached hydrogens (primary N) is 1. The highest BCUT2D eigenvalue weighted by molar-refractivity contribution is 5.88. The van der Waals surface area contributed by atoms with E-state index in [1.54, 1.807) is 0 Å². The molecule has 0 spiro atoms. The molecule has 0 heterocycles. The van der Waals surface area contributed by atoms with Crippen molar-refractivity contribution in [3.63, 3.8) is 0 Å². The Labute approximate surface area is 102 Å². The molecule has 90 valence electrons. The van der Waals surface area contributed by atoms with Gasteiger partial charge in [0.25, 0.3) is 0 Å². The second-order valence-corrected chi connectivity index (χ2v) is 5.13. The molecule has 0 saturated heterocycles. The average Bonchev–Trinajstić information content (AvgIpc) is 2.36. The lowest BCUT2D eigenvalue weighted by atomic mass is 9.95. The molecule has 0 aliphatic heterocycles. The highest BCUT2D eigenvalue weighted by Crippen LogP contribution is 2.26. The summed E-state index contributed by atoms with van der Waals surface area (Å²) in [5, 5.41) is 2.36. The van der Waals surface area contributed by atoms with Gasteiger partial charge >= 0.3 is 0 Å². The zero-order valence-corrected chi connectivity index (χ0v) is 10.4. The van der Waals surface area contributed by atoms with Gasteiger partial charge in [-0.1, -0.05) is 50.2 Å². The molecular weight excluding hydrogens is 210 g/mol. The molecule has 0 atom stereocenters. The molecule has 2 aromatic carbocycles. The molecule has 17 heavy (non-hydrogen) atoms. The van der Waals surface area contributed by atoms with E-state index in [-0.39, 0.29) is 5.41 Å². The van der Waals surface area contributed by atoms with Crippen molar-refractivity contribution in [2.45, 2.75) is 13.8 Å². The van der Waals surface area contributed by atoms with Crippen LogP contribution in [0.25, 0.3) is 10.8 Å². The number of hydrogen-bond donors (Lipinski definition) is 1. The highest BCUT2D eigenvalue weighted by Gasteiger charge is 2.16. The summed E-state index contributed by atoms with van der Waals surface area (Å²) in [6.07, 6.45) is 0. The molecule has 0 saturated carbocycles. The summed E-state index contributed by atoms with van der Waals surface area (Å²) >= 11 is 0. The minimum Gasteiger partial charge on any atom is -0.492 e. The van der Waals surface area contributed by atoms with Crippen molar-refractivity contribution in [3.05, 3.63) is 42.5 Å². The summed E-state index contributed by atoms with van der Waals surface area (Å²) in [5.74, 6) is 0.935. The van der Waals surface area contributed by atoms with Crippen molar-refractivity contribution in [1.29, 1.82) is 0 Å². The number of fused-ring (bicyclic) bond motifs is 1. The molecule has 0 amide bonds. The van der Waals surface area contributed by atoms with Gasteiger partial charge in [-0.3, -0.25) is 0 Å². The van der Waals surface area contributed by atoms with Gasteiger partial charge < -0.3 is 10.5 Å². The fourth-order valence-corrected chi connectivity index (χ4v) is 1.65. The normalized spacial score (nSPS) is 11.7. The molecule has 0 fully saturated rings. The zero-order valence-electron chi connectivity index (χ0n) is 10.4. The smallest absolute Gasteiger partial charge is 0.127 e. The fraction of sp³-hybridized carbons (Fsp3) is 0.333. The third kappa shape index (κ3) is 2.77. The summed E-state index contributed by atoms with van der Waals surface area (Å²) in [5.41, 5.74) is 5.71. The highest BCUT2D eigenvalue weighted by atomic mass is 16.5. The molecule has 2 nitrogen and oxygen atoms in total. The van der Waals surface area contributed by atoms with Crippen LogP contribution in [-0.4, -0.2) is 13.2 Å². The second kappa shape index (κ2) is 4.76. The molecule has 2 aromatic rings. The van der Waals surface area contributed by atoms with Gasteiger partial charge in [0.15, 0.2) is 0 Å². The fourth-order valence-electron chi connectivity index (χ4n) is 1.65. The van der Waals surface area contributed by atoms with E-state index in [4.69, 9.17) is 10.5 Å². The number of rotatable bonds is 4. The van der Waals surface area contributed by atoms with E-state index in [0.29, 0.717) is 13.2 Å². The van der Waals surface area contributed by atoms with Crippen LogP contribution in [0.2, 0.25) is 0 Å². The molecule has 0 aliphatic carbocycles. The van der Waals surface area contributed by atoms with Crippen LogP contribution in [-0.2, 0) is 0 Å². The molecular formula is C15H19NO. The van der Waals surface area contributed by atoms with E-state index in [2.05, 4.69) is 32.0 Å². The van der Waals surface area contributed by atoms with E-state index >= 15 is 0 Å². The number of ether oxygens (including phenoxy) is 1. The first-order valence-electron chi connectivity index (χ1n) is 5.93. The summed E-state index contributed by atoms with van der Waals surface area (Å²) in [6, 6.07) is 14.4. The maximum absolute atomic E-state index is 5.89. The number of hydrogen-bond acceptors (Lipinski definition) is 2. The summed E-state index contributed by atoms with van der Waals surface area (Å²) in [4.78, 5) is 0. The quantitative estimate of drug-likeness (QED) is 0.873. The van der Waals surface area contributed by atoms with Crippen LogP contribution >= 0.6 is 0 Å². The van der Waals surface area contributed by atoms with Crippen LogP contribution in [0.1, 0.15) is 13.8 Å². The van der Waals surface area contributed by atoms with E-state index in [1.165, 1.54) is 5.39 Å². The third-order valence-electron chi connectivity index (χ3n) is 2.92. The maximum Gasteiger partial charge on any atom is 0.127 e. The van der Waals surface area contributed by atoms with Gasteiger partial charge in [-0.05, 0) is 11.5 Å². The third-order valence-corrected chi connectivity index (χ3v) is 2.92. The van der Waals surface area contributed by atoms with Crippen molar-refractivity contribution in [1.82, 2.24) is 0 Å². The van der Waals surface area contributed by atoms with E-state index in [1.807, 2.05) is 24.3 Å². The van der Waals surface area contributed by atoms with Gasteiger partial charge in [0, 0.05) is 17.3 Å². The van der Waals surface area contributed by atoms with Crippen LogP contribution < -0.4 is 10.5 Å².